The second-order valence-electron chi connectivity index (χ2n) is 37.2. The van der Waals surface area contributed by atoms with E-state index in [1.54, 1.807) is 33.7 Å². The van der Waals surface area contributed by atoms with Crippen molar-refractivity contribution in [3.05, 3.63) is 438 Å². The molecule has 20 aromatic rings. The summed E-state index contributed by atoms with van der Waals surface area (Å²) in [7, 11) is 0. The topological polar surface area (TPSA) is 24.5 Å². The molecule has 7 heteroatoms. The van der Waals surface area contributed by atoms with Crippen molar-refractivity contribution in [1.82, 2.24) is 13.7 Å². The fraction of sp³-hybridized carbons (Fsp3) is 0.157. The molecular formula is C121H105BN6. The summed E-state index contributed by atoms with van der Waals surface area (Å²) in [6.45, 7) is 20.3. The first-order valence-corrected chi connectivity index (χ1v) is 44.1. The average Bonchev–Trinajstić information content (AvgIpc) is 1.65. The van der Waals surface area contributed by atoms with Crippen LogP contribution >= 0.6 is 0 Å². The Bertz CT molecular complexity index is 8700. The molecular weight excluding hydrogens is 1550 g/mol. The lowest BCUT2D eigenvalue weighted by Crippen LogP contribution is -2.62. The Hall–Kier alpha value is -14.4. The van der Waals surface area contributed by atoms with Crippen LogP contribution in [0.3, 0.4) is 0 Å². The molecule has 0 saturated heterocycles. The highest BCUT2D eigenvalue weighted by Gasteiger charge is 2.44. The number of fused-ring (bicyclic) bond motifs is 13. The highest BCUT2D eigenvalue weighted by atomic mass is 15.2. The van der Waals surface area contributed by atoms with E-state index in [9.17, 15) is 21.9 Å². The molecule has 0 amide bonds. The molecule has 0 unspecified atom stereocenters. The molecule has 622 valence electrons. The van der Waals surface area contributed by atoms with Crippen molar-refractivity contribution >= 4 is 123 Å². The van der Waals surface area contributed by atoms with Crippen LogP contribution in [0.5, 0.6) is 0 Å². The smallest absolute Gasteiger partial charge is 0.252 e. The Morgan fingerprint density at radius 3 is 1.30 bits per heavy atom. The van der Waals surface area contributed by atoms with E-state index in [-0.39, 0.29) is 97.3 Å². The van der Waals surface area contributed by atoms with Crippen molar-refractivity contribution in [2.24, 2.45) is 0 Å². The molecule has 0 bridgehead atoms. The number of nitrogens with zero attached hydrogens (tertiary/aromatic N) is 6. The summed E-state index contributed by atoms with van der Waals surface area (Å²) in [6, 6.07) is 79.3. The molecule has 0 spiro atoms. The van der Waals surface area contributed by atoms with E-state index in [4.69, 9.17) is 6.85 Å². The summed E-state index contributed by atoms with van der Waals surface area (Å²) < 4.78 is 203. The van der Waals surface area contributed by atoms with Crippen molar-refractivity contribution in [2.75, 3.05) is 27.8 Å². The first-order valence-electron chi connectivity index (χ1n) is 54.6. The zero-order valence-corrected chi connectivity index (χ0v) is 73.0. The fourth-order valence-corrected chi connectivity index (χ4v) is 19.6. The minimum Gasteiger partial charge on any atom is -0.342 e. The standard InChI is InChI=1S/C121H105BN6/c1-119(2,3)90-52-61-108-103(74-90)104-75-91(120(4,5)6)53-62-109(104)125(108)79-84-51-59-106-114(73-84)126(80-105-101(87-37-19-12-20-38-87)76-92(121(7,8)9)77-102(105)88-39-21-13-22-40-88)117-72-83(63-65-123(93-41-23-14-24-42-93)94-54-56-95(57-55-94)127-110-47-29-25-43-97(110)98-44-26-30-48-111(98)127)71-116-118(117)122(106)107-60-58-96(128-112-49-31-27-45-99(112)100-46-28-32-50-113(100)128)78-115(107)124(116)66-64-82-68-85(67-81-33-15-10-16-34-81)70-89(69-82)86-35-17-11-18-36-86/h10-62,68-78H,63-67,79-80H2,1-9H3/i14D,23D,24D,25D,26D,27D,28D,29D,30D,31D,32D,41D,42D,43D,44D,45D,46D,47D,48D,49D,50D. The molecule has 2 aliphatic heterocycles. The van der Waals surface area contributed by atoms with Crippen LogP contribution in [0.4, 0.5) is 34.1 Å². The van der Waals surface area contributed by atoms with Gasteiger partial charge in [0.2, 0.25) is 0 Å². The van der Waals surface area contributed by atoms with Crippen LogP contribution in [0.25, 0.3) is 110 Å². The predicted molar refractivity (Wildman–Crippen MR) is 546 cm³/mol. The Balaban J connectivity index is 0.835. The van der Waals surface area contributed by atoms with Crippen LogP contribution in [-0.2, 0) is 48.6 Å². The van der Waals surface area contributed by atoms with Crippen LogP contribution in [-0.4, -0.2) is 33.5 Å². The van der Waals surface area contributed by atoms with E-state index in [0.717, 1.165) is 122 Å². The first-order chi connectivity index (χ1) is 71.1. The Labute approximate surface area is 782 Å². The summed E-state index contributed by atoms with van der Waals surface area (Å²) in [4.78, 5) is 6.49. The molecule has 22 rings (SSSR count). The number of rotatable bonds is 19. The molecule has 0 atom stereocenters. The normalized spacial score (nSPS) is 15.0. The van der Waals surface area contributed by atoms with Gasteiger partial charge in [0.05, 0.1) is 50.9 Å². The van der Waals surface area contributed by atoms with Crippen LogP contribution in [0.2, 0.25) is 0 Å². The number of hydrogen-bond acceptors (Lipinski definition) is 3. The Morgan fingerprint density at radius 1 is 0.305 bits per heavy atom. The van der Waals surface area contributed by atoms with Crippen LogP contribution in [0.1, 0.15) is 141 Å². The summed E-state index contributed by atoms with van der Waals surface area (Å²) >= 11 is 0. The van der Waals surface area contributed by atoms with Gasteiger partial charge in [-0.25, -0.2) is 0 Å². The van der Waals surface area contributed by atoms with Gasteiger partial charge in [0.1, 0.15) is 0 Å². The quantitative estimate of drug-likeness (QED) is 0.0754. The zero-order valence-electron chi connectivity index (χ0n) is 94.0. The monoisotopic (exact) mass is 1670 g/mol. The van der Waals surface area contributed by atoms with Gasteiger partial charge in [-0.15, -0.1) is 0 Å². The molecule has 128 heavy (non-hydrogen) atoms. The van der Waals surface area contributed by atoms with Gasteiger partial charge in [0.15, 0.2) is 0 Å². The maximum absolute atomic E-state index is 9.98. The van der Waals surface area contributed by atoms with Gasteiger partial charge >= 0.3 is 0 Å². The lowest BCUT2D eigenvalue weighted by Gasteiger charge is -2.45. The summed E-state index contributed by atoms with van der Waals surface area (Å²) in [6.07, 6.45) is 1.07. The van der Waals surface area contributed by atoms with E-state index >= 15 is 0 Å². The van der Waals surface area contributed by atoms with Crippen molar-refractivity contribution in [3.8, 4) is 44.8 Å². The minimum absolute atomic E-state index is 0.0512. The second-order valence-corrected chi connectivity index (χ2v) is 37.2. The van der Waals surface area contributed by atoms with Crippen molar-refractivity contribution in [3.63, 3.8) is 0 Å². The first kappa shape index (κ1) is 59.5. The lowest BCUT2D eigenvalue weighted by molar-refractivity contribution is 0.590. The van der Waals surface area contributed by atoms with Crippen LogP contribution < -0.4 is 31.1 Å². The number of benzene rings is 17. The van der Waals surface area contributed by atoms with Gasteiger partial charge in [-0.1, -0.05) is 335 Å². The molecule has 0 aliphatic carbocycles. The predicted octanol–water partition coefficient (Wildman–Crippen LogP) is 28.8. The van der Waals surface area contributed by atoms with E-state index in [1.165, 1.54) is 15.7 Å². The highest BCUT2D eigenvalue weighted by molar-refractivity contribution is 7.00. The van der Waals surface area contributed by atoms with Gasteiger partial charge in [0, 0.05) is 115 Å². The van der Waals surface area contributed by atoms with Crippen molar-refractivity contribution in [2.45, 2.75) is 111 Å². The van der Waals surface area contributed by atoms with E-state index in [1.807, 2.05) is 60.7 Å². The Morgan fingerprint density at radius 2 is 0.758 bits per heavy atom. The molecule has 17 aromatic carbocycles. The van der Waals surface area contributed by atoms with Crippen LogP contribution in [0, 0.1) is 0 Å². The SMILES string of the molecule is [2H]c1c([2H])c([2H])c(N(CCc2cc3c4c(c2)N(Cc2c(-c5ccccc5)cc(C(C)(C)C)cc2-c2ccccc2)c2cc(Cn5c6ccc(C(C)(C)C)cc6c6cc(C(C)(C)C)ccc65)ccc2B4c2ccc(-n4c5c([2H])c([2H])c([2H])c([2H])c5c5c([2H])c([2H])c([2H])c([2H])c54)cc2N3CCc2cc(Cc3ccccc3)cc(-c3ccccc3)c2)c2ccc(-n3c4c([2H])c([2H])c([2H])c([2H])c4c4c([2H])c([2H])c([2H])c([2H])c43)cc2)c([2H])c1[2H]. The van der Waals surface area contributed by atoms with E-state index in [0.29, 0.717) is 42.0 Å². The lowest BCUT2D eigenvalue weighted by atomic mass is 9.33. The summed E-state index contributed by atoms with van der Waals surface area (Å²) in [5.41, 5.74) is 22.9. The Kier molecular flexibility index (Phi) is 14.8. The van der Waals surface area contributed by atoms with Crippen molar-refractivity contribution < 1.29 is 28.8 Å². The number of aromatic nitrogens is 3. The van der Waals surface area contributed by atoms with Gasteiger partial charge in [0.25, 0.3) is 6.71 Å². The molecule has 5 heterocycles. The maximum atomic E-state index is 9.98. The third-order valence-electron chi connectivity index (χ3n) is 26.1. The van der Waals surface area contributed by atoms with Crippen LogP contribution in [0.15, 0.2) is 388 Å². The third-order valence-corrected chi connectivity index (χ3v) is 26.1. The fourth-order valence-electron chi connectivity index (χ4n) is 19.6. The third kappa shape index (κ3) is 14.4. The molecule has 0 fully saturated rings. The molecule has 6 nitrogen and oxygen atoms in total. The van der Waals surface area contributed by atoms with Gasteiger partial charge in [-0.3, -0.25) is 0 Å². The number of hydrogen-bond donors (Lipinski definition) is 0. The highest BCUT2D eigenvalue weighted by Crippen LogP contribution is 2.48. The van der Waals surface area contributed by atoms with Gasteiger partial charge in [-0.2, -0.15) is 0 Å². The van der Waals surface area contributed by atoms with Crippen molar-refractivity contribution in [1.29, 1.82) is 0 Å². The molecule has 2 aliphatic rings. The van der Waals surface area contributed by atoms with E-state index < -0.39 is 134 Å². The van der Waals surface area contributed by atoms with E-state index in [2.05, 4.69) is 253 Å². The largest absolute Gasteiger partial charge is 0.342 e. The minimum atomic E-state index is -0.650. The number of anilines is 6. The summed E-state index contributed by atoms with van der Waals surface area (Å²) in [5.74, 6) is 0. The zero-order chi connectivity index (χ0) is 105. The maximum Gasteiger partial charge on any atom is 0.252 e. The average molecular weight is 1680 g/mol. The molecule has 0 N–H and O–H groups in total. The van der Waals surface area contributed by atoms with Gasteiger partial charge in [-0.05, 0) is 250 Å². The molecule has 3 aromatic heterocycles. The second kappa shape index (κ2) is 31.9. The molecule has 0 saturated carbocycles. The van der Waals surface area contributed by atoms with Gasteiger partial charge < -0.3 is 28.4 Å². The molecule has 0 radical (unpaired) electrons. The summed E-state index contributed by atoms with van der Waals surface area (Å²) in [5, 5.41) is 1.87. The number of para-hydroxylation sites is 5.